The number of aryl methyl sites for hydroxylation is 1. The average Bonchev–Trinajstić information content (AvgIpc) is 2.28. The van der Waals surface area contributed by atoms with Crippen molar-refractivity contribution in [3.05, 3.63) is 46.0 Å². The summed E-state index contributed by atoms with van der Waals surface area (Å²) < 4.78 is 1.42. The molecule has 0 atom stereocenters. The number of carbonyl (C=O) groups excluding carboxylic acids is 1. The summed E-state index contributed by atoms with van der Waals surface area (Å²) >= 11 is 0. The van der Waals surface area contributed by atoms with E-state index in [9.17, 15) is 9.59 Å². The van der Waals surface area contributed by atoms with E-state index in [1.165, 1.54) is 17.6 Å². The van der Waals surface area contributed by atoms with Gasteiger partial charge >= 0.3 is 0 Å². The Morgan fingerprint density at radius 3 is 2.88 bits per heavy atom. The molecule has 2 aromatic rings. The predicted octanol–water partition coefficient (Wildman–Crippen LogP) is 0.363. The van der Waals surface area contributed by atoms with E-state index in [4.69, 9.17) is 0 Å². The van der Waals surface area contributed by atoms with Crippen molar-refractivity contribution >= 4 is 11.6 Å². The number of nitrogens with one attached hydrogen (secondary N) is 1. The number of amides is 1. The van der Waals surface area contributed by atoms with Crippen molar-refractivity contribution in [1.29, 1.82) is 0 Å². The van der Waals surface area contributed by atoms with Crippen LogP contribution in [-0.2, 0) is 0 Å². The van der Waals surface area contributed by atoms with Gasteiger partial charge in [0.15, 0.2) is 0 Å². The standard InChI is InChI=1S/C11H11N3O2/c1-7-4-3-5-9-13-6-8(10(15)12-2)11(16)14(7)9/h3-6H,1-2H3,(H,12,15). The molecule has 0 spiro atoms. The Labute approximate surface area is 91.7 Å². The second kappa shape index (κ2) is 3.77. The third-order valence-electron chi connectivity index (χ3n) is 2.40. The highest BCUT2D eigenvalue weighted by atomic mass is 16.2. The van der Waals surface area contributed by atoms with Gasteiger partial charge in [0.2, 0.25) is 0 Å². The molecule has 0 aromatic carbocycles. The summed E-state index contributed by atoms with van der Waals surface area (Å²) in [7, 11) is 1.48. The molecule has 1 amide bonds. The summed E-state index contributed by atoms with van der Waals surface area (Å²) in [6.07, 6.45) is 1.30. The van der Waals surface area contributed by atoms with Crippen LogP contribution in [0.5, 0.6) is 0 Å². The second-order valence-electron chi connectivity index (χ2n) is 3.42. The van der Waals surface area contributed by atoms with E-state index in [0.29, 0.717) is 5.65 Å². The molecule has 0 unspecified atom stereocenters. The Bertz CT molecular complexity index is 616. The zero-order chi connectivity index (χ0) is 11.7. The van der Waals surface area contributed by atoms with Crippen molar-refractivity contribution in [2.24, 2.45) is 0 Å². The van der Waals surface area contributed by atoms with Gasteiger partial charge < -0.3 is 5.32 Å². The normalized spacial score (nSPS) is 10.4. The number of carbonyl (C=O) groups is 1. The molecule has 5 heteroatoms. The second-order valence-corrected chi connectivity index (χ2v) is 3.42. The van der Waals surface area contributed by atoms with Crippen LogP contribution in [0.25, 0.3) is 5.65 Å². The maximum absolute atomic E-state index is 12.0. The van der Waals surface area contributed by atoms with Crippen LogP contribution in [0.15, 0.2) is 29.2 Å². The van der Waals surface area contributed by atoms with Crippen LogP contribution in [0, 0.1) is 6.92 Å². The number of nitrogens with zero attached hydrogens (tertiary/aromatic N) is 2. The van der Waals surface area contributed by atoms with Crippen molar-refractivity contribution in [2.45, 2.75) is 6.92 Å². The largest absolute Gasteiger partial charge is 0.355 e. The van der Waals surface area contributed by atoms with Crippen molar-refractivity contribution in [1.82, 2.24) is 14.7 Å². The van der Waals surface area contributed by atoms with E-state index in [1.54, 1.807) is 19.1 Å². The third-order valence-corrected chi connectivity index (χ3v) is 2.40. The maximum atomic E-state index is 12.0. The van der Waals surface area contributed by atoms with Gasteiger partial charge in [-0.3, -0.25) is 14.0 Å². The lowest BCUT2D eigenvalue weighted by atomic mass is 10.3. The Kier molecular flexibility index (Phi) is 2.44. The molecule has 0 aliphatic heterocycles. The molecule has 0 saturated carbocycles. The van der Waals surface area contributed by atoms with Gasteiger partial charge in [0.25, 0.3) is 11.5 Å². The number of pyridine rings is 1. The first-order valence-electron chi connectivity index (χ1n) is 4.84. The first-order valence-corrected chi connectivity index (χ1v) is 4.84. The first kappa shape index (κ1) is 10.4. The number of hydrogen-bond donors (Lipinski definition) is 1. The SMILES string of the molecule is CNC(=O)c1cnc2cccc(C)n2c1=O. The zero-order valence-electron chi connectivity index (χ0n) is 9.02. The lowest BCUT2D eigenvalue weighted by Gasteiger charge is -2.05. The fraction of sp³-hybridized carbons (Fsp3) is 0.182. The van der Waals surface area contributed by atoms with Gasteiger partial charge in [-0.25, -0.2) is 4.98 Å². The molecular weight excluding hydrogens is 206 g/mol. The van der Waals surface area contributed by atoms with E-state index < -0.39 is 5.91 Å². The highest BCUT2D eigenvalue weighted by molar-refractivity contribution is 5.93. The molecule has 82 valence electrons. The molecule has 16 heavy (non-hydrogen) atoms. The van der Waals surface area contributed by atoms with Gasteiger partial charge in [-0.2, -0.15) is 0 Å². The molecular formula is C11H11N3O2. The molecule has 0 aliphatic rings. The van der Waals surface area contributed by atoms with Crippen molar-refractivity contribution in [2.75, 3.05) is 7.05 Å². The van der Waals surface area contributed by atoms with Crippen LogP contribution >= 0.6 is 0 Å². The molecule has 0 fully saturated rings. The summed E-state index contributed by atoms with van der Waals surface area (Å²) in [6, 6.07) is 5.34. The lowest BCUT2D eigenvalue weighted by Crippen LogP contribution is -2.30. The molecule has 2 rings (SSSR count). The predicted molar refractivity (Wildman–Crippen MR) is 59.6 cm³/mol. The van der Waals surface area contributed by atoms with Crippen molar-refractivity contribution < 1.29 is 4.79 Å². The van der Waals surface area contributed by atoms with Crippen LogP contribution in [0.3, 0.4) is 0 Å². The van der Waals surface area contributed by atoms with E-state index in [-0.39, 0.29) is 11.1 Å². The van der Waals surface area contributed by atoms with Crippen LogP contribution in [-0.4, -0.2) is 22.3 Å². The van der Waals surface area contributed by atoms with Crippen LogP contribution in [0.4, 0.5) is 0 Å². The number of rotatable bonds is 1. The summed E-state index contributed by atoms with van der Waals surface area (Å²) in [6.45, 7) is 1.80. The highest BCUT2D eigenvalue weighted by Crippen LogP contribution is 2.02. The van der Waals surface area contributed by atoms with Gasteiger partial charge in [-0.05, 0) is 19.1 Å². The molecule has 2 aromatic heterocycles. The minimum absolute atomic E-state index is 0.0503. The third kappa shape index (κ3) is 1.46. The lowest BCUT2D eigenvalue weighted by molar-refractivity contribution is 0.0961. The molecule has 2 heterocycles. The monoisotopic (exact) mass is 217 g/mol. The van der Waals surface area contributed by atoms with Crippen LogP contribution in [0.1, 0.15) is 16.1 Å². The highest BCUT2D eigenvalue weighted by Gasteiger charge is 2.11. The Morgan fingerprint density at radius 1 is 1.44 bits per heavy atom. The van der Waals surface area contributed by atoms with Crippen LogP contribution < -0.4 is 10.9 Å². The summed E-state index contributed by atoms with van der Waals surface area (Å²) in [4.78, 5) is 27.5. The van der Waals surface area contributed by atoms with E-state index in [1.807, 2.05) is 6.07 Å². The Morgan fingerprint density at radius 2 is 2.19 bits per heavy atom. The molecule has 1 N–H and O–H groups in total. The van der Waals surface area contributed by atoms with Gasteiger partial charge in [-0.1, -0.05) is 6.07 Å². The topological polar surface area (TPSA) is 63.5 Å². The van der Waals surface area contributed by atoms with Gasteiger partial charge in [0, 0.05) is 18.9 Å². The van der Waals surface area contributed by atoms with Crippen molar-refractivity contribution in [3.8, 4) is 0 Å². The van der Waals surface area contributed by atoms with Crippen LogP contribution in [0.2, 0.25) is 0 Å². The van der Waals surface area contributed by atoms with Gasteiger partial charge in [0.05, 0.1) is 0 Å². The quantitative estimate of drug-likeness (QED) is 0.750. The smallest absolute Gasteiger partial charge is 0.270 e. The van der Waals surface area contributed by atoms with Crippen molar-refractivity contribution in [3.63, 3.8) is 0 Å². The Balaban J connectivity index is 2.84. The summed E-state index contributed by atoms with van der Waals surface area (Å²) in [5, 5.41) is 2.41. The molecule has 0 aliphatic carbocycles. The maximum Gasteiger partial charge on any atom is 0.270 e. The number of hydrogen-bond acceptors (Lipinski definition) is 3. The summed E-state index contributed by atoms with van der Waals surface area (Å²) in [5.74, 6) is -0.421. The number of fused-ring (bicyclic) bond motifs is 1. The molecule has 0 radical (unpaired) electrons. The minimum atomic E-state index is -0.421. The fourth-order valence-electron chi connectivity index (χ4n) is 1.56. The first-order chi connectivity index (χ1) is 7.65. The molecule has 0 saturated heterocycles. The van der Waals surface area contributed by atoms with Gasteiger partial charge in [-0.15, -0.1) is 0 Å². The summed E-state index contributed by atoms with van der Waals surface area (Å²) in [5.41, 5.74) is 0.996. The minimum Gasteiger partial charge on any atom is -0.355 e. The number of aromatic nitrogens is 2. The molecule has 5 nitrogen and oxygen atoms in total. The molecule has 0 bridgehead atoms. The van der Waals surface area contributed by atoms with E-state index in [0.717, 1.165) is 5.69 Å². The fourth-order valence-corrected chi connectivity index (χ4v) is 1.56. The Hall–Kier alpha value is -2.17. The zero-order valence-corrected chi connectivity index (χ0v) is 9.02. The van der Waals surface area contributed by atoms with Gasteiger partial charge in [0.1, 0.15) is 11.2 Å². The van der Waals surface area contributed by atoms with E-state index >= 15 is 0 Å². The van der Waals surface area contributed by atoms with E-state index in [2.05, 4.69) is 10.3 Å². The average molecular weight is 217 g/mol.